The van der Waals surface area contributed by atoms with Crippen molar-refractivity contribution < 1.29 is 9.18 Å². The second-order valence-electron chi connectivity index (χ2n) is 8.08. The summed E-state index contributed by atoms with van der Waals surface area (Å²) in [5, 5.41) is 13.2. The summed E-state index contributed by atoms with van der Waals surface area (Å²) in [7, 11) is 0. The van der Waals surface area contributed by atoms with E-state index in [-0.39, 0.29) is 5.56 Å². The summed E-state index contributed by atoms with van der Waals surface area (Å²) in [6.45, 7) is 2.88. The van der Waals surface area contributed by atoms with Gasteiger partial charge in [0, 0.05) is 24.4 Å². The number of hydrogen-bond donors (Lipinski definition) is 2. The van der Waals surface area contributed by atoms with Gasteiger partial charge in [-0.15, -0.1) is 0 Å². The molecule has 1 aromatic carbocycles. The molecule has 0 spiro atoms. The zero-order valence-electron chi connectivity index (χ0n) is 15.4. The highest BCUT2D eigenvalue weighted by atomic mass is 19.1. The number of fused-ring (bicyclic) bond motifs is 3. The van der Waals surface area contributed by atoms with Gasteiger partial charge in [0.2, 0.25) is 0 Å². The monoisotopic (exact) mass is 380 g/mol. The molecule has 1 aliphatic heterocycles. The Hall–Kier alpha value is -2.92. The lowest BCUT2D eigenvalue weighted by molar-refractivity contribution is 0.100. The van der Waals surface area contributed by atoms with Crippen LogP contribution < -0.4 is 5.73 Å². The molecule has 0 bridgehead atoms. The van der Waals surface area contributed by atoms with Crippen molar-refractivity contribution in [3.8, 4) is 6.07 Å². The number of nitriles is 1. The number of nitrogens with one attached hydrogen (secondary N) is 1. The SMILES string of the molecule is N#CC1(c2c[nH]n3c2nc2cc(F)cc(C(N)=O)c23)CCN(CC2CC2)CC1. The van der Waals surface area contributed by atoms with Crippen molar-refractivity contribution in [3.63, 3.8) is 0 Å². The highest BCUT2D eigenvalue weighted by molar-refractivity contribution is 6.05. The van der Waals surface area contributed by atoms with Crippen molar-refractivity contribution in [2.24, 2.45) is 11.7 Å². The van der Waals surface area contributed by atoms with Crippen molar-refractivity contribution in [1.82, 2.24) is 19.5 Å². The number of primary amides is 1. The number of hydrogen-bond acceptors (Lipinski definition) is 4. The molecular formula is C20H21FN6O. The van der Waals surface area contributed by atoms with Crippen LogP contribution in [0.25, 0.3) is 16.7 Å². The van der Waals surface area contributed by atoms with Gasteiger partial charge in [0.15, 0.2) is 5.65 Å². The van der Waals surface area contributed by atoms with Gasteiger partial charge in [-0.1, -0.05) is 0 Å². The van der Waals surface area contributed by atoms with Gasteiger partial charge in [0.05, 0.1) is 22.6 Å². The van der Waals surface area contributed by atoms with Crippen LogP contribution in [0, 0.1) is 23.1 Å². The maximum Gasteiger partial charge on any atom is 0.251 e. The van der Waals surface area contributed by atoms with E-state index in [1.54, 1.807) is 10.7 Å². The number of benzene rings is 1. The number of aromatic nitrogens is 3. The van der Waals surface area contributed by atoms with Crippen molar-refractivity contribution in [2.45, 2.75) is 31.1 Å². The third-order valence-corrected chi connectivity index (χ3v) is 6.21. The Morgan fingerprint density at radius 2 is 2.14 bits per heavy atom. The summed E-state index contributed by atoms with van der Waals surface area (Å²) in [5.41, 5.74) is 7.01. The van der Waals surface area contributed by atoms with Gasteiger partial charge in [0.25, 0.3) is 5.91 Å². The number of halogens is 1. The molecule has 8 heteroatoms. The average Bonchev–Trinajstić information content (AvgIpc) is 3.28. The number of imidazole rings is 1. The van der Waals surface area contributed by atoms with Crippen molar-refractivity contribution in [3.05, 3.63) is 35.3 Å². The summed E-state index contributed by atoms with van der Waals surface area (Å²) < 4.78 is 15.6. The topological polar surface area (TPSA) is 103 Å². The Kier molecular flexibility index (Phi) is 3.71. The minimum absolute atomic E-state index is 0.0705. The first-order valence-corrected chi connectivity index (χ1v) is 9.64. The fourth-order valence-electron chi connectivity index (χ4n) is 4.44. The first-order valence-electron chi connectivity index (χ1n) is 9.64. The van der Waals surface area contributed by atoms with Crippen LogP contribution in [0.4, 0.5) is 4.39 Å². The van der Waals surface area contributed by atoms with Gasteiger partial charge in [-0.25, -0.2) is 13.9 Å². The quantitative estimate of drug-likeness (QED) is 0.725. The molecule has 1 amide bonds. The van der Waals surface area contributed by atoms with E-state index in [1.807, 2.05) is 0 Å². The summed E-state index contributed by atoms with van der Waals surface area (Å²) in [5.74, 6) is -0.453. The van der Waals surface area contributed by atoms with Gasteiger partial charge < -0.3 is 10.6 Å². The van der Waals surface area contributed by atoms with Gasteiger partial charge in [-0.05, 0) is 50.8 Å². The van der Waals surface area contributed by atoms with Crippen LogP contribution in [0.2, 0.25) is 0 Å². The maximum atomic E-state index is 13.9. The predicted molar refractivity (Wildman–Crippen MR) is 101 cm³/mol. The summed E-state index contributed by atoms with van der Waals surface area (Å²) >= 11 is 0. The Labute approximate surface area is 160 Å². The first kappa shape index (κ1) is 17.2. The van der Waals surface area contributed by atoms with Crippen LogP contribution in [0.3, 0.4) is 0 Å². The maximum absolute atomic E-state index is 13.9. The molecule has 3 heterocycles. The second-order valence-corrected chi connectivity index (χ2v) is 8.08. The van der Waals surface area contributed by atoms with E-state index < -0.39 is 17.1 Å². The number of carbonyl (C=O) groups is 1. The normalized spacial score (nSPS) is 19.9. The number of aromatic amines is 1. The lowest BCUT2D eigenvalue weighted by Crippen LogP contribution is -2.42. The van der Waals surface area contributed by atoms with E-state index in [0.717, 1.165) is 50.0 Å². The highest BCUT2D eigenvalue weighted by Gasteiger charge is 2.40. The summed E-state index contributed by atoms with van der Waals surface area (Å²) in [6, 6.07) is 4.93. The molecule has 144 valence electrons. The van der Waals surface area contributed by atoms with E-state index in [0.29, 0.717) is 16.7 Å². The number of carbonyl (C=O) groups excluding carboxylic acids is 1. The van der Waals surface area contributed by atoms with Gasteiger partial charge in [-0.2, -0.15) is 5.26 Å². The fourth-order valence-corrected chi connectivity index (χ4v) is 4.44. The van der Waals surface area contributed by atoms with Crippen LogP contribution in [0.5, 0.6) is 0 Å². The number of likely N-dealkylation sites (tertiary alicyclic amines) is 1. The predicted octanol–water partition coefficient (Wildman–Crippen LogP) is 2.32. The molecule has 1 saturated heterocycles. The van der Waals surface area contributed by atoms with Crippen molar-refractivity contribution >= 4 is 22.6 Å². The molecule has 0 radical (unpaired) electrons. The van der Waals surface area contributed by atoms with Gasteiger partial charge in [-0.3, -0.25) is 9.89 Å². The van der Waals surface area contributed by atoms with E-state index in [4.69, 9.17) is 5.73 Å². The third kappa shape index (κ3) is 2.58. The molecule has 1 aliphatic carbocycles. The zero-order valence-corrected chi connectivity index (χ0v) is 15.4. The van der Waals surface area contributed by atoms with Gasteiger partial charge >= 0.3 is 0 Å². The van der Waals surface area contributed by atoms with Crippen LogP contribution in [-0.2, 0) is 5.41 Å². The van der Waals surface area contributed by atoms with Crippen molar-refractivity contribution in [2.75, 3.05) is 19.6 Å². The van der Waals surface area contributed by atoms with E-state index in [2.05, 4.69) is 21.1 Å². The number of amides is 1. The number of nitrogens with two attached hydrogens (primary N) is 1. The lowest BCUT2D eigenvalue weighted by Gasteiger charge is -2.36. The Morgan fingerprint density at radius 1 is 1.39 bits per heavy atom. The number of H-pyrrole nitrogens is 1. The molecule has 28 heavy (non-hydrogen) atoms. The Balaban J connectivity index is 1.58. The molecule has 0 atom stereocenters. The Morgan fingerprint density at radius 3 is 2.79 bits per heavy atom. The molecule has 1 saturated carbocycles. The summed E-state index contributed by atoms with van der Waals surface area (Å²) in [4.78, 5) is 18.8. The van der Waals surface area contributed by atoms with Crippen molar-refractivity contribution in [1.29, 1.82) is 5.26 Å². The van der Waals surface area contributed by atoms with Crippen LogP contribution in [0.1, 0.15) is 41.6 Å². The standard InChI is InChI=1S/C20H21FN6O/c21-13-7-14(18(23)28)17-16(8-13)25-19-15(9-24-27(17)19)20(11-22)3-5-26(6-4-20)10-12-1-2-12/h7-9,12,24H,1-6,10H2,(H2,23,28). The molecule has 3 N–H and O–H groups in total. The number of nitrogens with zero attached hydrogens (tertiary/aromatic N) is 4. The smallest absolute Gasteiger partial charge is 0.251 e. The molecule has 7 nitrogen and oxygen atoms in total. The van der Waals surface area contributed by atoms with Gasteiger partial charge in [0.1, 0.15) is 11.3 Å². The minimum atomic E-state index is -0.717. The minimum Gasteiger partial charge on any atom is -0.366 e. The molecule has 2 aromatic heterocycles. The first-order chi connectivity index (χ1) is 13.5. The zero-order chi connectivity index (χ0) is 19.5. The van der Waals surface area contributed by atoms with Crippen LogP contribution in [0.15, 0.2) is 18.3 Å². The van der Waals surface area contributed by atoms with Crippen LogP contribution >= 0.6 is 0 Å². The van der Waals surface area contributed by atoms with E-state index in [1.165, 1.54) is 18.9 Å². The second kappa shape index (κ2) is 6.04. The lowest BCUT2D eigenvalue weighted by atomic mass is 9.75. The molecular weight excluding hydrogens is 359 g/mol. The fraction of sp³-hybridized carbons (Fsp3) is 0.450. The largest absolute Gasteiger partial charge is 0.366 e. The van der Waals surface area contributed by atoms with E-state index >= 15 is 0 Å². The molecule has 0 unspecified atom stereocenters. The Bertz CT molecular complexity index is 1130. The van der Waals surface area contributed by atoms with E-state index in [9.17, 15) is 14.4 Å². The number of rotatable bonds is 4. The third-order valence-electron chi connectivity index (χ3n) is 6.21. The molecule has 3 aromatic rings. The highest BCUT2D eigenvalue weighted by Crippen LogP contribution is 2.39. The summed E-state index contributed by atoms with van der Waals surface area (Å²) in [6.07, 6.45) is 5.87. The van der Waals surface area contributed by atoms with Crippen LogP contribution in [-0.4, -0.2) is 45.0 Å². The molecule has 2 fully saturated rings. The molecule has 2 aliphatic rings. The average molecular weight is 380 g/mol. The number of piperidine rings is 1. The molecule has 5 rings (SSSR count).